The van der Waals surface area contributed by atoms with Gasteiger partial charge in [-0.2, -0.15) is 0 Å². The van der Waals surface area contributed by atoms with Gasteiger partial charge in [-0.1, -0.05) is 13.3 Å². The summed E-state index contributed by atoms with van der Waals surface area (Å²) in [6.45, 7) is 6.12. The maximum atomic E-state index is 5.40. The molecule has 0 radical (unpaired) electrons. The molecule has 2 heterocycles. The summed E-state index contributed by atoms with van der Waals surface area (Å²) in [5.74, 6) is 0. The SMILES string of the molecule is CCCCNC(=S)Nc1ccc(N2CCOCC2)c2nonc12. The molecule has 1 aromatic heterocycles. The van der Waals surface area contributed by atoms with Crippen LogP contribution in [0.2, 0.25) is 0 Å². The van der Waals surface area contributed by atoms with Gasteiger partial charge < -0.3 is 20.3 Å². The third-order valence-electron chi connectivity index (χ3n) is 3.81. The van der Waals surface area contributed by atoms with E-state index in [1.54, 1.807) is 0 Å². The number of benzene rings is 1. The molecule has 23 heavy (non-hydrogen) atoms. The van der Waals surface area contributed by atoms with Gasteiger partial charge in [0.2, 0.25) is 0 Å². The average molecular weight is 335 g/mol. The van der Waals surface area contributed by atoms with Gasteiger partial charge in [0.1, 0.15) is 0 Å². The Hall–Kier alpha value is -1.93. The van der Waals surface area contributed by atoms with Gasteiger partial charge in [-0.3, -0.25) is 0 Å². The number of hydrogen-bond acceptors (Lipinski definition) is 6. The first kappa shape index (κ1) is 15.9. The van der Waals surface area contributed by atoms with Crippen molar-refractivity contribution in [3.8, 4) is 0 Å². The summed E-state index contributed by atoms with van der Waals surface area (Å²) in [6, 6.07) is 3.99. The molecule has 7 nitrogen and oxygen atoms in total. The quantitative estimate of drug-likeness (QED) is 0.636. The average Bonchev–Trinajstić information content (AvgIpc) is 3.06. The van der Waals surface area contributed by atoms with Crippen molar-refractivity contribution < 1.29 is 9.37 Å². The lowest BCUT2D eigenvalue weighted by atomic mass is 10.2. The molecule has 0 atom stereocenters. The minimum Gasteiger partial charge on any atom is -0.378 e. The van der Waals surface area contributed by atoms with Crippen molar-refractivity contribution in [2.75, 3.05) is 43.1 Å². The van der Waals surface area contributed by atoms with E-state index < -0.39 is 0 Å². The molecule has 8 heteroatoms. The molecule has 0 unspecified atom stereocenters. The Labute approximate surface area is 140 Å². The Morgan fingerprint density at radius 1 is 1.26 bits per heavy atom. The van der Waals surface area contributed by atoms with Gasteiger partial charge in [0.15, 0.2) is 16.1 Å². The normalized spacial score (nSPS) is 14.9. The predicted octanol–water partition coefficient (Wildman–Crippen LogP) is 2.15. The van der Waals surface area contributed by atoms with Crippen molar-refractivity contribution in [1.29, 1.82) is 0 Å². The van der Waals surface area contributed by atoms with Gasteiger partial charge in [0.25, 0.3) is 0 Å². The van der Waals surface area contributed by atoms with Crippen LogP contribution in [0, 0.1) is 0 Å². The van der Waals surface area contributed by atoms with Crippen LogP contribution in [0.5, 0.6) is 0 Å². The standard InChI is InChI=1S/C15H21N5O2S/c1-2-3-6-16-15(23)17-11-4-5-12(14-13(11)18-22-19-14)20-7-9-21-10-8-20/h4-5H,2-3,6-10H2,1H3,(H2,16,17,23). The number of hydrogen-bond donors (Lipinski definition) is 2. The van der Waals surface area contributed by atoms with E-state index in [0.717, 1.165) is 62.6 Å². The van der Waals surface area contributed by atoms with Gasteiger partial charge in [0.05, 0.1) is 24.6 Å². The second-order valence-electron chi connectivity index (χ2n) is 5.43. The first-order chi connectivity index (χ1) is 11.3. The van der Waals surface area contributed by atoms with Crippen molar-refractivity contribution in [2.45, 2.75) is 19.8 Å². The van der Waals surface area contributed by atoms with Crippen LogP contribution in [0.4, 0.5) is 11.4 Å². The Balaban J connectivity index is 1.77. The van der Waals surface area contributed by atoms with E-state index in [1.165, 1.54) is 0 Å². The van der Waals surface area contributed by atoms with Crippen LogP contribution in [0.25, 0.3) is 11.0 Å². The van der Waals surface area contributed by atoms with Crippen molar-refractivity contribution in [2.24, 2.45) is 0 Å². The number of aromatic nitrogens is 2. The number of morpholine rings is 1. The number of thiocarbonyl (C=S) groups is 1. The smallest absolute Gasteiger partial charge is 0.170 e. The minimum atomic E-state index is 0.585. The Bertz CT molecular complexity index is 669. The fourth-order valence-corrected chi connectivity index (χ4v) is 2.77. The summed E-state index contributed by atoms with van der Waals surface area (Å²) < 4.78 is 10.4. The highest BCUT2D eigenvalue weighted by molar-refractivity contribution is 7.80. The Morgan fingerprint density at radius 3 is 2.83 bits per heavy atom. The topological polar surface area (TPSA) is 75.5 Å². The summed E-state index contributed by atoms with van der Waals surface area (Å²) in [4.78, 5) is 2.23. The fourth-order valence-electron chi connectivity index (χ4n) is 2.56. The molecule has 1 aromatic carbocycles. The number of nitrogens with one attached hydrogen (secondary N) is 2. The van der Waals surface area contributed by atoms with Crippen molar-refractivity contribution in [3.05, 3.63) is 12.1 Å². The van der Waals surface area contributed by atoms with E-state index in [9.17, 15) is 0 Å². The Kier molecular flexibility index (Phi) is 5.24. The zero-order chi connectivity index (χ0) is 16.1. The van der Waals surface area contributed by atoms with Crippen molar-refractivity contribution >= 4 is 39.7 Å². The summed E-state index contributed by atoms with van der Waals surface area (Å²) >= 11 is 5.32. The maximum absolute atomic E-state index is 5.40. The van der Waals surface area contributed by atoms with Crippen LogP contribution in [-0.4, -0.2) is 48.3 Å². The van der Waals surface area contributed by atoms with Crippen LogP contribution >= 0.6 is 12.2 Å². The number of ether oxygens (including phenoxy) is 1. The summed E-state index contributed by atoms with van der Waals surface area (Å²) in [5, 5.41) is 15.0. The van der Waals surface area contributed by atoms with Gasteiger partial charge in [-0.15, -0.1) is 0 Å². The third kappa shape index (κ3) is 3.70. The highest BCUT2D eigenvalue weighted by Gasteiger charge is 2.19. The van der Waals surface area contributed by atoms with Crippen LogP contribution in [-0.2, 0) is 4.74 Å². The lowest BCUT2D eigenvalue weighted by Crippen LogP contribution is -2.36. The molecule has 1 saturated heterocycles. The van der Waals surface area contributed by atoms with Gasteiger partial charge >= 0.3 is 0 Å². The molecule has 3 rings (SSSR count). The summed E-state index contributed by atoms with van der Waals surface area (Å²) in [7, 11) is 0. The van der Waals surface area contributed by atoms with Gasteiger partial charge in [0, 0.05) is 19.6 Å². The molecule has 2 aromatic rings. The molecule has 0 aliphatic carbocycles. The second kappa shape index (κ2) is 7.56. The number of fused-ring (bicyclic) bond motifs is 1. The van der Waals surface area contributed by atoms with E-state index in [0.29, 0.717) is 10.6 Å². The van der Waals surface area contributed by atoms with Crippen molar-refractivity contribution in [1.82, 2.24) is 15.6 Å². The molecule has 0 saturated carbocycles. The molecule has 1 aliphatic rings. The maximum Gasteiger partial charge on any atom is 0.170 e. The highest BCUT2D eigenvalue weighted by Crippen LogP contribution is 2.30. The molecule has 0 spiro atoms. The minimum absolute atomic E-state index is 0.585. The van der Waals surface area contributed by atoms with Gasteiger partial charge in [-0.25, -0.2) is 4.63 Å². The van der Waals surface area contributed by atoms with Gasteiger partial charge in [-0.05, 0) is 41.1 Å². The third-order valence-corrected chi connectivity index (χ3v) is 4.06. The number of nitrogens with zero attached hydrogens (tertiary/aromatic N) is 3. The first-order valence-electron chi connectivity index (χ1n) is 7.92. The van der Waals surface area contributed by atoms with E-state index in [-0.39, 0.29) is 0 Å². The number of unbranched alkanes of at least 4 members (excludes halogenated alkanes) is 1. The predicted molar refractivity (Wildman–Crippen MR) is 94.0 cm³/mol. The molecule has 124 valence electrons. The van der Waals surface area contributed by atoms with E-state index in [4.69, 9.17) is 21.6 Å². The molecule has 2 N–H and O–H groups in total. The van der Waals surface area contributed by atoms with Crippen LogP contribution in [0.1, 0.15) is 19.8 Å². The van der Waals surface area contributed by atoms with E-state index in [1.807, 2.05) is 12.1 Å². The molecule has 1 aliphatic heterocycles. The summed E-state index contributed by atoms with van der Waals surface area (Å²) in [6.07, 6.45) is 2.21. The zero-order valence-electron chi connectivity index (χ0n) is 13.2. The number of anilines is 2. The van der Waals surface area contributed by atoms with Crippen LogP contribution < -0.4 is 15.5 Å². The monoisotopic (exact) mass is 335 g/mol. The lowest BCUT2D eigenvalue weighted by molar-refractivity contribution is 0.123. The van der Waals surface area contributed by atoms with E-state index in [2.05, 4.69) is 32.8 Å². The second-order valence-corrected chi connectivity index (χ2v) is 5.84. The van der Waals surface area contributed by atoms with Crippen molar-refractivity contribution in [3.63, 3.8) is 0 Å². The largest absolute Gasteiger partial charge is 0.378 e. The fraction of sp³-hybridized carbons (Fsp3) is 0.533. The molecular weight excluding hydrogens is 314 g/mol. The molecule has 0 bridgehead atoms. The Morgan fingerprint density at radius 2 is 2.04 bits per heavy atom. The lowest BCUT2D eigenvalue weighted by Gasteiger charge is -2.28. The molecular formula is C15H21N5O2S. The van der Waals surface area contributed by atoms with Crippen LogP contribution in [0.3, 0.4) is 0 Å². The number of rotatable bonds is 5. The first-order valence-corrected chi connectivity index (χ1v) is 8.33. The molecule has 0 amide bonds. The van der Waals surface area contributed by atoms with E-state index >= 15 is 0 Å². The molecule has 1 fully saturated rings. The highest BCUT2D eigenvalue weighted by atomic mass is 32.1. The zero-order valence-corrected chi connectivity index (χ0v) is 14.0. The van der Waals surface area contributed by atoms with Crippen LogP contribution in [0.15, 0.2) is 16.8 Å². The summed E-state index contributed by atoms with van der Waals surface area (Å²) in [5.41, 5.74) is 3.24.